The lowest BCUT2D eigenvalue weighted by atomic mass is 10.1. The number of carbonyl (C=O) groups is 2. The van der Waals surface area contributed by atoms with Crippen LogP contribution in [0, 0.1) is 17.9 Å². The molecule has 0 saturated carbocycles. The van der Waals surface area contributed by atoms with Gasteiger partial charge in [-0.1, -0.05) is 110 Å². The van der Waals surface area contributed by atoms with Crippen LogP contribution in [-0.2, 0) is 9.59 Å². The fourth-order valence-corrected chi connectivity index (χ4v) is 9.48. The predicted octanol–water partition coefficient (Wildman–Crippen LogP) is 15.2. The molecule has 64 heavy (non-hydrogen) atoms. The second-order valence-electron chi connectivity index (χ2n) is 14.5. The molecular weight excluding hydrogens is 851 g/mol. The van der Waals surface area contributed by atoms with Crippen LogP contribution in [-0.4, -0.2) is 27.9 Å². The number of benzene rings is 5. The molecule has 0 amide bonds. The number of thiophene rings is 2. The third-order valence-corrected chi connectivity index (χ3v) is 13.3. The fraction of sp³-hybridized carbons (Fsp3) is 0.0741. The predicted molar refractivity (Wildman–Crippen MR) is 268 cm³/mol. The maximum Gasteiger partial charge on any atom is 0.346 e. The Morgan fingerprint density at radius 2 is 1.05 bits per heavy atom. The molecule has 314 valence electrons. The number of hydrogen-bond donors (Lipinski definition) is 2. The Bertz CT molecular complexity index is 2770. The van der Waals surface area contributed by atoms with Crippen molar-refractivity contribution >= 4 is 99.9 Å². The molecule has 0 fully saturated rings. The summed E-state index contributed by atoms with van der Waals surface area (Å²) in [4.78, 5) is 32.5. The Hall–Kier alpha value is -7.47. The maximum atomic E-state index is 11.2. The van der Waals surface area contributed by atoms with Crippen molar-refractivity contribution in [2.24, 2.45) is 0 Å². The third kappa shape index (κ3) is 11.7. The highest BCUT2D eigenvalue weighted by atomic mass is 32.2. The van der Waals surface area contributed by atoms with E-state index in [4.69, 9.17) is 11.8 Å². The monoisotopic (exact) mass is 891 g/mol. The molecule has 2 N–H and O–H groups in total. The van der Waals surface area contributed by atoms with E-state index in [1.807, 2.05) is 60.3 Å². The summed E-state index contributed by atoms with van der Waals surface area (Å²) in [5, 5.41) is 27.5. The minimum atomic E-state index is -1.24. The van der Waals surface area contributed by atoms with E-state index in [1.165, 1.54) is 52.6 Å². The normalized spacial score (nSPS) is 11.7. The molecule has 0 saturated heterocycles. The summed E-state index contributed by atoms with van der Waals surface area (Å²) < 4.78 is 0. The molecule has 0 bridgehead atoms. The first-order valence-electron chi connectivity index (χ1n) is 20.4. The minimum absolute atomic E-state index is 0.290. The van der Waals surface area contributed by atoms with Crippen LogP contribution in [0.15, 0.2) is 162 Å². The van der Waals surface area contributed by atoms with E-state index < -0.39 is 11.9 Å². The summed E-state index contributed by atoms with van der Waals surface area (Å²) in [5.41, 5.74) is 8.80. The Morgan fingerprint density at radius 3 is 1.44 bits per heavy atom. The molecule has 0 aliphatic heterocycles. The van der Waals surface area contributed by atoms with Gasteiger partial charge >= 0.3 is 11.9 Å². The average Bonchev–Trinajstić information content (AvgIpc) is 4.00. The van der Waals surface area contributed by atoms with Crippen molar-refractivity contribution in [3.8, 4) is 27.0 Å². The zero-order valence-electron chi connectivity index (χ0n) is 34.7. The van der Waals surface area contributed by atoms with Crippen LogP contribution >= 0.6 is 34.4 Å². The molecule has 0 aliphatic rings. The SMILES string of the molecule is [C-]#[N+]/C(=C\c1ccc(-c2ccc(/C=C/c3ccc(N(c4ccc(/C=C/c5ccc(-c6ccc(/C=C(\C#N)C(=O)O)s6)cc5)cc4)c4ccc(SCCCC)cc4)cc3)cc2)s1)C(=O)O. The lowest BCUT2D eigenvalue weighted by Crippen LogP contribution is -2.09. The highest BCUT2D eigenvalue weighted by Crippen LogP contribution is 2.37. The number of rotatable bonds is 17. The zero-order valence-corrected chi connectivity index (χ0v) is 37.2. The highest BCUT2D eigenvalue weighted by Gasteiger charge is 2.14. The Balaban J connectivity index is 1.05. The van der Waals surface area contributed by atoms with E-state index >= 15 is 0 Å². The molecule has 0 spiro atoms. The smallest absolute Gasteiger partial charge is 0.346 e. The van der Waals surface area contributed by atoms with Crippen LogP contribution in [0.3, 0.4) is 0 Å². The van der Waals surface area contributed by atoms with Gasteiger partial charge in [-0.25, -0.2) is 9.64 Å². The molecule has 10 heteroatoms. The van der Waals surface area contributed by atoms with Crippen LogP contribution in [0.4, 0.5) is 17.1 Å². The van der Waals surface area contributed by atoms with Crippen LogP contribution in [0.25, 0.3) is 62.2 Å². The van der Waals surface area contributed by atoms with Crippen molar-refractivity contribution in [2.75, 3.05) is 10.7 Å². The molecular formula is C54H41N3O4S3. The Labute approximate surface area is 385 Å². The van der Waals surface area contributed by atoms with Gasteiger partial charge in [0.25, 0.3) is 5.70 Å². The maximum absolute atomic E-state index is 11.2. The number of nitriles is 1. The molecule has 7 aromatic rings. The van der Waals surface area contributed by atoms with E-state index in [0.29, 0.717) is 4.88 Å². The quantitative estimate of drug-likeness (QED) is 0.0234. The first kappa shape index (κ1) is 44.6. The molecule has 0 atom stereocenters. The molecule has 2 aromatic heterocycles. The number of thioether (sulfide) groups is 1. The van der Waals surface area contributed by atoms with Crippen molar-refractivity contribution in [1.82, 2.24) is 0 Å². The minimum Gasteiger partial charge on any atom is -0.486 e. The van der Waals surface area contributed by atoms with Gasteiger partial charge in [0.15, 0.2) is 0 Å². The molecule has 7 nitrogen and oxygen atoms in total. The first-order chi connectivity index (χ1) is 31.2. The van der Waals surface area contributed by atoms with Crippen LogP contribution in [0.5, 0.6) is 0 Å². The lowest BCUT2D eigenvalue weighted by molar-refractivity contribution is -0.133. The van der Waals surface area contributed by atoms with E-state index in [1.54, 1.807) is 6.07 Å². The average molecular weight is 892 g/mol. The number of nitrogens with zero attached hydrogens (tertiary/aromatic N) is 3. The lowest BCUT2D eigenvalue weighted by Gasteiger charge is -2.26. The van der Waals surface area contributed by atoms with E-state index in [-0.39, 0.29) is 11.3 Å². The number of carboxylic acids is 2. The van der Waals surface area contributed by atoms with Gasteiger partial charge in [0.05, 0.1) is 6.57 Å². The highest BCUT2D eigenvalue weighted by molar-refractivity contribution is 7.99. The number of carboxylic acid groups (broad SMARTS) is 2. The van der Waals surface area contributed by atoms with E-state index in [0.717, 1.165) is 70.8 Å². The molecule has 2 heterocycles. The molecule has 0 unspecified atom stereocenters. The summed E-state index contributed by atoms with van der Waals surface area (Å²) in [6.45, 7) is 9.31. The van der Waals surface area contributed by atoms with Gasteiger partial charge in [-0.2, -0.15) is 5.26 Å². The molecule has 5 aromatic carbocycles. The molecule has 0 radical (unpaired) electrons. The number of aliphatic carboxylic acids is 2. The number of unbranched alkanes of at least 4 members (excludes halogenated alkanes) is 1. The number of hydrogen-bond acceptors (Lipinski definition) is 7. The standard InChI is InChI=1S/C54H41N3O4S3/c1-3-4-33-62-47-27-25-46(26-28-47)57(44-21-13-39(14-22-44)7-5-37-9-17-41(18-10-37)51-31-29-48(63-51)34-43(36-55)53(58)59)45-23-15-40(16-24-45)8-6-38-11-19-42(20-12-38)52-32-30-49(64-52)35-50(56-2)54(60)61/h5-32,34-35H,3-4,33H2,1H3,(H,58,59)(H,60,61)/b7-5+,8-6+,43-34+,50-35-. The van der Waals surface area contributed by atoms with E-state index in [9.17, 15) is 19.8 Å². The summed E-state index contributed by atoms with van der Waals surface area (Å²) in [7, 11) is 0. The van der Waals surface area contributed by atoms with Gasteiger partial charge < -0.3 is 15.1 Å². The summed E-state index contributed by atoms with van der Waals surface area (Å²) in [5.74, 6) is -1.37. The van der Waals surface area contributed by atoms with Crippen molar-refractivity contribution in [1.29, 1.82) is 5.26 Å². The number of anilines is 3. The summed E-state index contributed by atoms with van der Waals surface area (Å²) in [6, 6.07) is 51.5. The Kier molecular flexibility index (Phi) is 15.0. The van der Waals surface area contributed by atoms with E-state index in [2.05, 4.69) is 138 Å². The topological polar surface area (TPSA) is 106 Å². The van der Waals surface area contributed by atoms with Crippen molar-refractivity contribution in [3.05, 3.63) is 200 Å². The van der Waals surface area contributed by atoms with Gasteiger partial charge in [-0.3, -0.25) is 4.79 Å². The molecule has 7 rings (SSSR count). The van der Waals surface area contributed by atoms with Crippen molar-refractivity contribution < 1.29 is 19.8 Å². The largest absolute Gasteiger partial charge is 0.486 e. The summed E-state index contributed by atoms with van der Waals surface area (Å²) >= 11 is 4.77. The van der Waals surface area contributed by atoms with Crippen LogP contribution in [0.1, 0.15) is 51.8 Å². The second-order valence-corrected chi connectivity index (χ2v) is 17.8. The van der Waals surface area contributed by atoms with Gasteiger partial charge in [0.1, 0.15) is 11.6 Å². The summed E-state index contributed by atoms with van der Waals surface area (Å²) in [6.07, 6.45) is 13.5. The Morgan fingerprint density at radius 1 is 0.625 bits per heavy atom. The third-order valence-electron chi connectivity index (χ3n) is 10.0. The van der Waals surface area contributed by atoms with Crippen molar-refractivity contribution in [2.45, 2.75) is 24.7 Å². The van der Waals surface area contributed by atoms with Gasteiger partial charge in [0, 0.05) is 41.5 Å². The zero-order chi connectivity index (χ0) is 44.8. The fourth-order valence-electron chi connectivity index (χ4n) is 6.58. The van der Waals surface area contributed by atoms with Crippen LogP contribution in [0.2, 0.25) is 0 Å². The first-order valence-corrected chi connectivity index (χ1v) is 23.0. The second kappa shape index (κ2) is 21.6. The van der Waals surface area contributed by atoms with Crippen molar-refractivity contribution in [3.63, 3.8) is 0 Å². The van der Waals surface area contributed by atoms with Gasteiger partial charge in [0.2, 0.25) is 0 Å². The van der Waals surface area contributed by atoms with Gasteiger partial charge in [-0.15, -0.1) is 34.4 Å². The van der Waals surface area contributed by atoms with Gasteiger partial charge in [-0.05, 0) is 131 Å². The molecule has 0 aliphatic carbocycles. The van der Waals surface area contributed by atoms with Crippen LogP contribution < -0.4 is 4.90 Å².